The van der Waals surface area contributed by atoms with Gasteiger partial charge in [-0.05, 0) is 12.1 Å². The smallest absolute Gasteiger partial charge is 0.250 e. The fraction of sp³-hybridized carbons (Fsp3) is 0.222. The van der Waals surface area contributed by atoms with Crippen molar-refractivity contribution in [3.63, 3.8) is 0 Å². The van der Waals surface area contributed by atoms with Crippen LogP contribution in [0.5, 0.6) is 0 Å². The minimum absolute atomic E-state index is 0.0189. The number of methoxy groups -OCH3 is 1. The summed E-state index contributed by atoms with van der Waals surface area (Å²) in [6, 6.07) is 5.76. The zero-order valence-electron chi connectivity index (χ0n) is 8.14. The molecule has 0 saturated carbocycles. The normalized spacial score (nSPS) is 11.3. The number of sulfone groups is 1. The Morgan fingerprint density at radius 1 is 1.40 bits per heavy atom. The van der Waals surface area contributed by atoms with Crippen LogP contribution in [0.25, 0.3) is 0 Å². The first-order valence-electron chi connectivity index (χ1n) is 4.09. The zero-order valence-corrected chi connectivity index (χ0v) is 8.95. The number of ether oxygens (including phenoxy) is 1. The molecule has 0 unspecified atom stereocenters. The van der Waals surface area contributed by atoms with Gasteiger partial charge in [-0.25, -0.2) is 8.42 Å². The van der Waals surface area contributed by atoms with Gasteiger partial charge in [-0.2, -0.15) is 0 Å². The number of nitrogens with two attached hydrogens (primary N) is 1. The van der Waals surface area contributed by atoms with Gasteiger partial charge < -0.3 is 10.5 Å². The highest BCUT2D eigenvalue weighted by atomic mass is 32.2. The van der Waals surface area contributed by atoms with Gasteiger partial charge in [-0.3, -0.25) is 4.79 Å². The molecule has 0 saturated heterocycles. The van der Waals surface area contributed by atoms with E-state index in [0.29, 0.717) is 0 Å². The highest BCUT2D eigenvalue weighted by Gasteiger charge is 2.20. The van der Waals surface area contributed by atoms with Gasteiger partial charge in [0.25, 0.3) is 0 Å². The summed E-state index contributed by atoms with van der Waals surface area (Å²) in [4.78, 5) is 10.9. The van der Waals surface area contributed by atoms with Crippen molar-refractivity contribution in [3.8, 4) is 0 Å². The number of carbonyl (C=O) groups excluding carboxylic acids is 1. The summed E-state index contributed by atoms with van der Waals surface area (Å²) < 4.78 is 27.8. The second-order valence-electron chi connectivity index (χ2n) is 2.88. The molecule has 0 spiro atoms. The second kappa shape index (κ2) is 4.41. The molecule has 2 N–H and O–H groups in total. The second-order valence-corrected chi connectivity index (χ2v) is 4.79. The quantitative estimate of drug-likeness (QED) is 0.797. The Bertz CT molecular complexity index is 467. The molecule has 1 rings (SSSR count). The first-order chi connectivity index (χ1) is 6.99. The number of amides is 1. The fourth-order valence-corrected chi connectivity index (χ4v) is 2.39. The molecule has 0 bridgehead atoms. The summed E-state index contributed by atoms with van der Waals surface area (Å²) in [7, 11) is -2.34. The summed E-state index contributed by atoms with van der Waals surface area (Å²) in [5.41, 5.74) is 5.04. The Hall–Kier alpha value is -1.40. The van der Waals surface area contributed by atoms with Crippen LogP contribution in [-0.2, 0) is 14.6 Å². The van der Waals surface area contributed by atoms with Crippen LogP contribution in [0.15, 0.2) is 29.2 Å². The fourth-order valence-electron chi connectivity index (χ4n) is 1.16. The highest BCUT2D eigenvalue weighted by Crippen LogP contribution is 2.16. The van der Waals surface area contributed by atoms with E-state index in [2.05, 4.69) is 4.74 Å². The summed E-state index contributed by atoms with van der Waals surface area (Å²) in [5.74, 6) is -1.25. The lowest BCUT2D eigenvalue weighted by Gasteiger charge is -2.06. The van der Waals surface area contributed by atoms with Crippen molar-refractivity contribution in [2.75, 3.05) is 13.0 Å². The topological polar surface area (TPSA) is 86.5 Å². The SMILES string of the molecule is COCS(=O)(=O)c1ccccc1C(N)=O. The minimum atomic E-state index is -3.61. The molecule has 0 aromatic heterocycles. The van der Waals surface area contributed by atoms with E-state index >= 15 is 0 Å². The Morgan fingerprint density at radius 3 is 2.53 bits per heavy atom. The van der Waals surface area contributed by atoms with Crippen molar-refractivity contribution in [2.45, 2.75) is 4.90 Å². The first kappa shape index (κ1) is 11.7. The van der Waals surface area contributed by atoms with Crippen LogP contribution in [0.4, 0.5) is 0 Å². The average molecular weight is 229 g/mol. The minimum Gasteiger partial charge on any atom is -0.368 e. The van der Waals surface area contributed by atoms with Gasteiger partial charge in [0.15, 0.2) is 5.94 Å². The molecule has 0 radical (unpaired) electrons. The van der Waals surface area contributed by atoms with E-state index in [1.165, 1.54) is 25.3 Å². The molecule has 0 atom stereocenters. The summed E-state index contributed by atoms with van der Waals surface area (Å²) in [6.45, 7) is 0. The highest BCUT2D eigenvalue weighted by molar-refractivity contribution is 7.91. The van der Waals surface area contributed by atoms with Gasteiger partial charge in [0.2, 0.25) is 15.7 Å². The largest absolute Gasteiger partial charge is 0.368 e. The van der Waals surface area contributed by atoms with Crippen molar-refractivity contribution in [2.24, 2.45) is 5.73 Å². The third-order valence-electron chi connectivity index (χ3n) is 1.76. The number of primary amides is 1. The van der Waals surface area contributed by atoms with Crippen molar-refractivity contribution in [3.05, 3.63) is 29.8 Å². The van der Waals surface area contributed by atoms with E-state index < -0.39 is 21.7 Å². The van der Waals surface area contributed by atoms with Gasteiger partial charge in [-0.1, -0.05) is 12.1 Å². The van der Waals surface area contributed by atoms with E-state index in [4.69, 9.17) is 5.73 Å². The summed E-state index contributed by atoms with van der Waals surface area (Å²) >= 11 is 0. The standard InChI is InChI=1S/C9H11NO4S/c1-14-6-15(12,13)8-5-3-2-4-7(8)9(10)11/h2-5H,6H2,1H3,(H2,10,11). The lowest BCUT2D eigenvalue weighted by atomic mass is 10.2. The van der Waals surface area contributed by atoms with Gasteiger partial charge in [0, 0.05) is 7.11 Å². The molecule has 0 aliphatic heterocycles. The predicted octanol–water partition coefficient (Wildman–Crippen LogP) is 0.163. The maximum absolute atomic E-state index is 11.6. The van der Waals surface area contributed by atoms with Gasteiger partial charge in [-0.15, -0.1) is 0 Å². The van der Waals surface area contributed by atoms with Crippen molar-refractivity contribution in [1.29, 1.82) is 0 Å². The molecular weight excluding hydrogens is 218 g/mol. The van der Waals surface area contributed by atoms with E-state index in [1.807, 2.05) is 0 Å². The molecule has 0 heterocycles. The zero-order chi connectivity index (χ0) is 11.5. The Balaban J connectivity index is 3.31. The predicted molar refractivity (Wildman–Crippen MR) is 54.0 cm³/mol. The van der Waals surface area contributed by atoms with Gasteiger partial charge >= 0.3 is 0 Å². The van der Waals surface area contributed by atoms with Crippen molar-refractivity contribution >= 4 is 15.7 Å². The van der Waals surface area contributed by atoms with Crippen LogP contribution in [0.3, 0.4) is 0 Å². The van der Waals surface area contributed by atoms with E-state index in [0.717, 1.165) is 0 Å². The molecule has 5 nitrogen and oxygen atoms in total. The molecule has 0 aliphatic carbocycles. The molecular formula is C9H11NO4S. The molecule has 1 amide bonds. The van der Waals surface area contributed by atoms with Crippen LogP contribution in [0.1, 0.15) is 10.4 Å². The number of rotatable bonds is 4. The molecule has 0 fully saturated rings. The third kappa shape index (κ3) is 2.54. The molecule has 1 aromatic carbocycles. The average Bonchev–Trinajstić information content (AvgIpc) is 2.17. The molecule has 1 aromatic rings. The number of hydrogen-bond donors (Lipinski definition) is 1. The Kier molecular flexibility index (Phi) is 3.43. The summed E-state index contributed by atoms with van der Waals surface area (Å²) in [5, 5.41) is 0. The van der Waals surface area contributed by atoms with Gasteiger partial charge in [0.1, 0.15) is 0 Å². The number of carbonyl (C=O) groups is 1. The van der Waals surface area contributed by atoms with Crippen LogP contribution in [0, 0.1) is 0 Å². The molecule has 82 valence electrons. The maximum Gasteiger partial charge on any atom is 0.250 e. The van der Waals surface area contributed by atoms with E-state index in [-0.39, 0.29) is 10.5 Å². The van der Waals surface area contributed by atoms with Crippen molar-refractivity contribution in [1.82, 2.24) is 0 Å². The lowest BCUT2D eigenvalue weighted by Crippen LogP contribution is -2.18. The lowest BCUT2D eigenvalue weighted by molar-refractivity contribution is 0.0997. The van der Waals surface area contributed by atoms with Crippen LogP contribution in [-0.4, -0.2) is 27.4 Å². The molecule has 6 heteroatoms. The number of hydrogen-bond acceptors (Lipinski definition) is 4. The van der Waals surface area contributed by atoms with Crippen LogP contribution >= 0.6 is 0 Å². The van der Waals surface area contributed by atoms with Gasteiger partial charge in [0.05, 0.1) is 10.5 Å². The molecule has 15 heavy (non-hydrogen) atoms. The van der Waals surface area contributed by atoms with E-state index in [1.54, 1.807) is 6.07 Å². The van der Waals surface area contributed by atoms with Crippen LogP contribution in [0.2, 0.25) is 0 Å². The third-order valence-corrected chi connectivity index (χ3v) is 3.33. The number of benzene rings is 1. The Morgan fingerprint density at radius 2 is 2.00 bits per heavy atom. The monoisotopic (exact) mass is 229 g/mol. The maximum atomic E-state index is 11.6. The van der Waals surface area contributed by atoms with E-state index in [9.17, 15) is 13.2 Å². The van der Waals surface area contributed by atoms with Crippen molar-refractivity contribution < 1.29 is 17.9 Å². The molecule has 0 aliphatic rings. The summed E-state index contributed by atoms with van der Waals surface area (Å²) in [6.07, 6.45) is 0. The first-order valence-corrected chi connectivity index (χ1v) is 5.75. The van der Waals surface area contributed by atoms with Crippen LogP contribution < -0.4 is 5.73 Å². The Labute approximate surface area is 87.8 Å².